The summed E-state index contributed by atoms with van der Waals surface area (Å²) in [6.45, 7) is 0.359. The summed E-state index contributed by atoms with van der Waals surface area (Å²) in [5.41, 5.74) is 4.99. The van der Waals surface area contributed by atoms with Crippen LogP contribution in [0, 0.1) is 0 Å². The van der Waals surface area contributed by atoms with E-state index in [9.17, 15) is 19.8 Å². The average molecular weight is 372 g/mol. The number of hydrogen-bond donors (Lipinski definition) is 3. The first kappa shape index (κ1) is 19.1. The number of carboxylic acids is 2. The number of benzene rings is 1. The normalized spacial score (nSPS) is 30.4. The summed E-state index contributed by atoms with van der Waals surface area (Å²) in [4.78, 5) is 25.0. The lowest BCUT2D eigenvalue weighted by atomic mass is 9.75. The minimum atomic E-state index is -1.56. The Morgan fingerprint density at radius 3 is 2.48 bits per heavy atom. The van der Waals surface area contributed by atoms with E-state index in [-0.39, 0.29) is 13.0 Å². The summed E-state index contributed by atoms with van der Waals surface area (Å²) in [7, 11) is 1.60. The second-order valence-corrected chi connectivity index (χ2v) is 7.30. The van der Waals surface area contributed by atoms with E-state index in [2.05, 4.69) is 0 Å². The van der Waals surface area contributed by atoms with Crippen molar-refractivity contribution >= 4 is 11.9 Å². The standard InChI is InChI=1S/C20H24N2O5/c1-27-15-7-5-14(6-8-15)19(9-3-2-4-10-19)12-22-13-20(21,18(25)26)11-16(22)17(23)24/h2-9,16H,10-13,21H2,1H3,(H,23,24)(H,25,26). The van der Waals surface area contributed by atoms with Gasteiger partial charge in [0.2, 0.25) is 0 Å². The van der Waals surface area contributed by atoms with E-state index < -0.39 is 28.9 Å². The molecule has 0 spiro atoms. The Bertz CT molecular complexity index is 788. The smallest absolute Gasteiger partial charge is 0.325 e. The molecular formula is C20H24N2O5. The molecule has 7 nitrogen and oxygen atoms in total. The molecule has 0 bridgehead atoms. The summed E-state index contributed by atoms with van der Waals surface area (Å²) in [5.74, 6) is -1.49. The summed E-state index contributed by atoms with van der Waals surface area (Å²) in [6.07, 6.45) is 8.53. The Balaban J connectivity index is 1.94. The van der Waals surface area contributed by atoms with Gasteiger partial charge in [-0.15, -0.1) is 0 Å². The van der Waals surface area contributed by atoms with Gasteiger partial charge < -0.3 is 20.7 Å². The number of aliphatic carboxylic acids is 2. The van der Waals surface area contributed by atoms with E-state index in [0.29, 0.717) is 13.0 Å². The van der Waals surface area contributed by atoms with Gasteiger partial charge in [0.25, 0.3) is 0 Å². The zero-order chi connectivity index (χ0) is 19.7. The van der Waals surface area contributed by atoms with E-state index in [1.807, 2.05) is 48.6 Å². The van der Waals surface area contributed by atoms with E-state index in [1.54, 1.807) is 12.0 Å². The first-order valence-electron chi connectivity index (χ1n) is 8.78. The molecule has 3 atom stereocenters. The van der Waals surface area contributed by atoms with E-state index in [0.717, 1.165) is 11.3 Å². The third-order valence-electron chi connectivity index (χ3n) is 5.49. The molecule has 1 aromatic rings. The molecule has 1 saturated heterocycles. The number of carboxylic acid groups (broad SMARTS) is 2. The maximum absolute atomic E-state index is 11.7. The molecule has 1 aromatic carbocycles. The van der Waals surface area contributed by atoms with E-state index in [4.69, 9.17) is 10.5 Å². The maximum atomic E-state index is 11.7. The fourth-order valence-corrected chi connectivity index (χ4v) is 3.95. The highest BCUT2D eigenvalue weighted by Gasteiger charge is 2.51. The van der Waals surface area contributed by atoms with Crippen LogP contribution >= 0.6 is 0 Å². The Hall–Kier alpha value is -2.64. The number of hydrogen-bond acceptors (Lipinski definition) is 5. The maximum Gasteiger partial charge on any atom is 0.325 e. The first-order chi connectivity index (χ1) is 12.8. The number of rotatable bonds is 6. The van der Waals surface area contributed by atoms with Gasteiger partial charge in [0.05, 0.1) is 7.11 Å². The minimum absolute atomic E-state index is 0.00520. The fourth-order valence-electron chi connectivity index (χ4n) is 3.95. The molecule has 7 heteroatoms. The van der Waals surface area contributed by atoms with Crippen LogP contribution in [0.15, 0.2) is 48.6 Å². The largest absolute Gasteiger partial charge is 0.497 e. The van der Waals surface area contributed by atoms with Crippen LogP contribution in [0.5, 0.6) is 5.75 Å². The molecule has 3 unspecified atom stereocenters. The number of likely N-dealkylation sites (tertiary alicyclic amines) is 1. The van der Waals surface area contributed by atoms with Crippen LogP contribution in [0.25, 0.3) is 0 Å². The zero-order valence-electron chi connectivity index (χ0n) is 15.2. The van der Waals surface area contributed by atoms with Crippen molar-refractivity contribution in [3.63, 3.8) is 0 Å². The number of ether oxygens (including phenoxy) is 1. The number of methoxy groups -OCH3 is 1. The lowest BCUT2D eigenvalue weighted by molar-refractivity contribution is -0.142. The number of carbonyl (C=O) groups is 2. The van der Waals surface area contributed by atoms with Gasteiger partial charge in [0.1, 0.15) is 17.3 Å². The Kier molecular flexibility index (Phi) is 5.08. The Morgan fingerprint density at radius 2 is 1.96 bits per heavy atom. The monoisotopic (exact) mass is 372 g/mol. The molecular weight excluding hydrogens is 348 g/mol. The molecule has 144 valence electrons. The number of allylic oxidation sites excluding steroid dienone is 3. The van der Waals surface area contributed by atoms with E-state index >= 15 is 0 Å². The van der Waals surface area contributed by atoms with Crippen LogP contribution in [-0.2, 0) is 15.0 Å². The van der Waals surface area contributed by atoms with Crippen LogP contribution in [0.1, 0.15) is 18.4 Å². The SMILES string of the molecule is COc1ccc(C2(CN3CC(N)(C(=O)O)CC3C(=O)O)C=CC=CC2)cc1. The van der Waals surface area contributed by atoms with Gasteiger partial charge >= 0.3 is 11.9 Å². The molecule has 0 radical (unpaired) electrons. The summed E-state index contributed by atoms with van der Waals surface area (Å²) in [6, 6.07) is 6.72. The lowest BCUT2D eigenvalue weighted by Crippen LogP contribution is -2.51. The summed E-state index contributed by atoms with van der Waals surface area (Å²) >= 11 is 0. The number of nitrogens with zero attached hydrogens (tertiary/aromatic N) is 1. The van der Waals surface area contributed by atoms with Crippen molar-refractivity contribution < 1.29 is 24.5 Å². The molecule has 4 N–H and O–H groups in total. The van der Waals surface area contributed by atoms with Gasteiger partial charge in [-0.3, -0.25) is 14.5 Å². The van der Waals surface area contributed by atoms with Gasteiger partial charge in [-0.1, -0.05) is 36.4 Å². The predicted molar refractivity (Wildman–Crippen MR) is 99.7 cm³/mol. The molecule has 1 fully saturated rings. The highest BCUT2D eigenvalue weighted by molar-refractivity contribution is 5.83. The molecule has 0 saturated carbocycles. The molecule has 1 aliphatic heterocycles. The Morgan fingerprint density at radius 1 is 1.26 bits per heavy atom. The third kappa shape index (κ3) is 3.61. The highest BCUT2D eigenvalue weighted by Crippen LogP contribution is 2.37. The van der Waals surface area contributed by atoms with Gasteiger partial charge in [-0.25, -0.2) is 0 Å². The third-order valence-corrected chi connectivity index (χ3v) is 5.49. The first-order valence-corrected chi connectivity index (χ1v) is 8.78. The van der Waals surface area contributed by atoms with Gasteiger partial charge in [-0.05, 0) is 24.1 Å². The average Bonchev–Trinajstić information content (AvgIpc) is 3.00. The second kappa shape index (κ2) is 7.17. The summed E-state index contributed by atoms with van der Waals surface area (Å²) in [5, 5.41) is 19.1. The highest BCUT2D eigenvalue weighted by atomic mass is 16.5. The summed E-state index contributed by atoms with van der Waals surface area (Å²) < 4.78 is 5.22. The molecule has 3 rings (SSSR count). The van der Waals surface area contributed by atoms with Crippen LogP contribution in [-0.4, -0.2) is 58.8 Å². The van der Waals surface area contributed by atoms with Crippen molar-refractivity contribution in [2.45, 2.75) is 29.8 Å². The fraction of sp³-hybridized carbons (Fsp3) is 0.400. The quantitative estimate of drug-likeness (QED) is 0.691. The van der Waals surface area contributed by atoms with Gasteiger partial charge in [0.15, 0.2) is 0 Å². The van der Waals surface area contributed by atoms with Crippen molar-refractivity contribution in [1.29, 1.82) is 0 Å². The van der Waals surface area contributed by atoms with E-state index in [1.165, 1.54) is 0 Å². The van der Waals surface area contributed by atoms with Gasteiger partial charge in [0, 0.05) is 24.9 Å². The molecule has 1 heterocycles. The molecule has 2 aliphatic rings. The lowest BCUT2D eigenvalue weighted by Gasteiger charge is -2.37. The zero-order valence-corrected chi connectivity index (χ0v) is 15.2. The van der Waals surface area contributed by atoms with Crippen molar-refractivity contribution in [3.8, 4) is 5.75 Å². The Labute approximate surface area is 157 Å². The van der Waals surface area contributed by atoms with Crippen molar-refractivity contribution in [2.75, 3.05) is 20.2 Å². The predicted octanol–water partition coefficient (Wildman–Crippen LogP) is 1.39. The van der Waals surface area contributed by atoms with Crippen LogP contribution in [0.2, 0.25) is 0 Å². The molecule has 1 aliphatic carbocycles. The minimum Gasteiger partial charge on any atom is -0.497 e. The molecule has 0 aromatic heterocycles. The van der Waals surface area contributed by atoms with Gasteiger partial charge in [-0.2, -0.15) is 0 Å². The molecule has 0 amide bonds. The number of nitrogens with two attached hydrogens (primary N) is 1. The van der Waals surface area contributed by atoms with Crippen LogP contribution < -0.4 is 10.5 Å². The topological polar surface area (TPSA) is 113 Å². The molecule has 27 heavy (non-hydrogen) atoms. The van der Waals surface area contributed by atoms with Crippen molar-refractivity contribution in [1.82, 2.24) is 4.90 Å². The second-order valence-electron chi connectivity index (χ2n) is 7.30. The van der Waals surface area contributed by atoms with Crippen LogP contribution in [0.4, 0.5) is 0 Å². The van der Waals surface area contributed by atoms with Crippen molar-refractivity contribution in [2.24, 2.45) is 5.73 Å². The van der Waals surface area contributed by atoms with Crippen LogP contribution in [0.3, 0.4) is 0 Å². The van der Waals surface area contributed by atoms with Crippen molar-refractivity contribution in [3.05, 3.63) is 54.1 Å².